The van der Waals surface area contributed by atoms with Crippen LogP contribution in [0, 0.1) is 5.92 Å². The molecule has 140 valence electrons. The van der Waals surface area contributed by atoms with Crippen molar-refractivity contribution in [2.75, 3.05) is 11.9 Å². The molecular formula is C20H22N4O3. The van der Waals surface area contributed by atoms with Crippen LogP contribution in [0.2, 0.25) is 0 Å². The largest absolute Gasteiger partial charge is 0.352 e. The molecule has 0 radical (unpaired) electrons. The molecule has 0 bridgehead atoms. The molecule has 1 aliphatic heterocycles. The number of carbonyl (C=O) groups is 3. The minimum absolute atomic E-state index is 0.00752. The Bertz CT molecular complexity index is 821. The van der Waals surface area contributed by atoms with E-state index < -0.39 is 6.03 Å². The van der Waals surface area contributed by atoms with Crippen molar-refractivity contribution in [2.45, 2.75) is 19.5 Å². The van der Waals surface area contributed by atoms with E-state index in [1.807, 2.05) is 30.3 Å². The summed E-state index contributed by atoms with van der Waals surface area (Å²) >= 11 is 0. The molecule has 2 aromatic rings. The van der Waals surface area contributed by atoms with Gasteiger partial charge in [0.15, 0.2) is 0 Å². The first-order valence-electron chi connectivity index (χ1n) is 8.76. The zero-order valence-electron chi connectivity index (χ0n) is 14.9. The van der Waals surface area contributed by atoms with Crippen molar-refractivity contribution in [3.05, 3.63) is 65.7 Å². The van der Waals surface area contributed by atoms with Gasteiger partial charge in [-0.25, -0.2) is 4.79 Å². The topological polar surface area (TPSA) is 105 Å². The van der Waals surface area contributed by atoms with E-state index in [0.717, 1.165) is 11.1 Å². The zero-order chi connectivity index (χ0) is 19.2. The number of likely N-dealkylation sites (tertiary alicyclic amines) is 1. The minimum Gasteiger partial charge on any atom is -0.352 e. The fourth-order valence-corrected chi connectivity index (χ4v) is 3.04. The summed E-state index contributed by atoms with van der Waals surface area (Å²) in [6.07, 6.45) is 0.222. The number of benzene rings is 2. The molecule has 0 saturated carbocycles. The summed E-state index contributed by atoms with van der Waals surface area (Å²) in [5.74, 6) is -0.536. The number of nitrogens with two attached hydrogens (primary N) is 1. The van der Waals surface area contributed by atoms with Crippen LogP contribution in [-0.4, -0.2) is 29.3 Å². The quantitative estimate of drug-likeness (QED) is 0.726. The molecule has 1 saturated heterocycles. The average molecular weight is 366 g/mol. The van der Waals surface area contributed by atoms with Crippen LogP contribution in [0.5, 0.6) is 0 Å². The Morgan fingerprint density at radius 3 is 2.41 bits per heavy atom. The number of primary amides is 1. The third-order valence-corrected chi connectivity index (χ3v) is 4.49. The molecular weight excluding hydrogens is 344 g/mol. The lowest BCUT2D eigenvalue weighted by Gasteiger charge is -2.16. The molecule has 1 heterocycles. The maximum absolute atomic E-state index is 12.5. The predicted octanol–water partition coefficient (Wildman–Crippen LogP) is 1.84. The average Bonchev–Trinajstić information content (AvgIpc) is 3.02. The molecule has 1 atom stereocenters. The number of urea groups is 1. The van der Waals surface area contributed by atoms with Crippen LogP contribution in [-0.2, 0) is 22.7 Å². The summed E-state index contributed by atoms with van der Waals surface area (Å²) in [6, 6.07) is 16.3. The summed E-state index contributed by atoms with van der Waals surface area (Å²) in [5.41, 5.74) is 7.61. The molecule has 7 nitrogen and oxygen atoms in total. The van der Waals surface area contributed by atoms with Gasteiger partial charge in [0, 0.05) is 31.7 Å². The van der Waals surface area contributed by atoms with Crippen LogP contribution < -0.4 is 16.4 Å². The first-order chi connectivity index (χ1) is 13.0. The normalized spacial score (nSPS) is 16.2. The van der Waals surface area contributed by atoms with Crippen LogP contribution in [0.1, 0.15) is 17.5 Å². The maximum Gasteiger partial charge on any atom is 0.312 e. The lowest BCUT2D eigenvalue weighted by atomic mass is 10.1. The van der Waals surface area contributed by atoms with Crippen LogP contribution in [0.15, 0.2) is 54.6 Å². The predicted molar refractivity (Wildman–Crippen MR) is 101 cm³/mol. The van der Waals surface area contributed by atoms with Gasteiger partial charge in [-0.05, 0) is 23.3 Å². The second-order valence-electron chi connectivity index (χ2n) is 6.56. The van der Waals surface area contributed by atoms with Gasteiger partial charge in [-0.2, -0.15) is 0 Å². The molecule has 4 N–H and O–H groups in total. The Kier molecular flexibility index (Phi) is 5.71. The monoisotopic (exact) mass is 366 g/mol. The van der Waals surface area contributed by atoms with E-state index in [1.165, 1.54) is 0 Å². The maximum atomic E-state index is 12.5. The van der Waals surface area contributed by atoms with E-state index in [2.05, 4.69) is 10.6 Å². The van der Waals surface area contributed by atoms with E-state index in [4.69, 9.17) is 5.73 Å². The molecule has 0 aliphatic carbocycles. The highest BCUT2D eigenvalue weighted by molar-refractivity contribution is 5.97. The third kappa shape index (κ3) is 5.07. The number of hydrogen-bond acceptors (Lipinski definition) is 3. The Balaban J connectivity index is 1.54. The van der Waals surface area contributed by atoms with Gasteiger partial charge in [-0.3, -0.25) is 9.59 Å². The van der Waals surface area contributed by atoms with Gasteiger partial charge in [-0.1, -0.05) is 42.5 Å². The number of hydrogen-bond donors (Lipinski definition) is 3. The van der Waals surface area contributed by atoms with Gasteiger partial charge in [0.05, 0.1) is 5.92 Å². The molecule has 0 unspecified atom stereocenters. The van der Waals surface area contributed by atoms with Crippen molar-refractivity contribution in [1.29, 1.82) is 0 Å². The third-order valence-electron chi connectivity index (χ3n) is 4.49. The second kappa shape index (κ2) is 8.35. The lowest BCUT2D eigenvalue weighted by Crippen LogP contribution is -2.28. The number of nitrogens with zero attached hydrogens (tertiary/aromatic N) is 1. The van der Waals surface area contributed by atoms with Crippen LogP contribution in [0.25, 0.3) is 0 Å². The van der Waals surface area contributed by atoms with Gasteiger partial charge in [-0.15, -0.1) is 0 Å². The minimum atomic E-state index is -0.585. The fraction of sp³-hybridized carbons (Fsp3) is 0.250. The van der Waals surface area contributed by atoms with Gasteiger partial charge < -0.3 is 21.3 Å². The van der Waals surface area contributed by atoms with Crippen LogP contribution in [0.3, 0.4) is 0 Å². The standard InChI is InChI=1S/C20H22N4O3/c21-20(27)22-11-14-6-8-17(9-7-14)23-19(26)16-10-18(25)24(13-16)12-15-4-2-1-3-5-15/h1-9,16H,10-13H2,(H,23,26)(H3,21,22,27)/t16-/m0/s1. The molecule has 4 amide bonds. The molecule has 0 spiro atoms. The van der Waals surface area contributed by atoms with E-state index in [9.17, 15) is 14.4 Å². The molecule has 1 fully saturated rings. The summed E-state index contributed by atoms with van der Waals surface area (Å²) in [6.45, 7) is 1.26. The van der Waals surface area contributed by atoms with Crippen molar-refractivity contribution < 1.29 is 14.4 Å². The number of amides is 4. The fourth-order valence-electron chi connectivity index (χ4n) is 3.04. The van der Waals surface area contributed by atoms with Gasteiger partial charge in [0.2, 0.25) is 11.8 Å². The zero-order valence-corrected chi connectivity index (χ0v) is 14.9. The SMILES string of the molecule is NC(=O)NCc1ccc(NC(=O)[C@H]2CC(=O)N(Cc3ccccc3)C2)cc1. The highest BCUT2D eigenvalue weighted by Crippen LogP contribution is 2.22. The molecule has 0 aromatic heterocycles. The lowest BCUT2D eigenvalue weighted by molar-refractivity contribution is -0.128. The highest BCUT2D eigenvalue weighted by Gasteiger charge is 2.34. The van der Waals surface area contributed by atoms with Crippen molar-refractivity contribution in [3.63, 3.8) is 0 Å². The van der Waals surface area contributed by atoms with E-state index >= 15 is 0 Å². The van der Waals surface area contributed by atoms with E-state index in [-0.39, 0.29) is 24.2 Å². The van der Waals surface area contributed by atoms with Crippen molar-refractivity contribution in [3.8, 4) is 0 Å². The van der Waals surface area contributed by atoms with Gasteiger partial charge in [0.1, 0.15) is 0 Å². The molecule has 2 aromatic carbocycles. The second-order valence-corrected chi connectivity index (χ2v) is 6.56. The van der Waals surface area contributed by atoms with Crippen molar-refractivity contribution in [1.82, 2.24) is 10.2 Å². The molecule has 7 heteroatoms. The van der Waals surface area contributed by atoms with E-state index in [0.29, 0.717) is 25.3 Å². The number of rotatable bonds is 6. The number of anilines is 1. The molecule has 27 heavy (non-hydrogen) atoms. The molecule has 3 rings (SSSR count). The summed E-state index contributed by atoms with van der Waals surface area (Å²) in [7, 11) is 0. The highest BCUT2D eigenvalue weighted by atomic mass is 16.2. The first kappa shape index (κ1) is 18.4. The Morgan fingerprint density at radius 1 is 1.04 bits per heavy atom. The van der Waals surface area contributed by atoms with Gasteiger partial charge >= 0.3 is 6.03 Å². The van der Waals surface area contributed by atoms with Gasteiger partial charge in [0.25, 0.3) is 0 Å². The summed E-state index contributed by atoms with van der Waals surface area (Å²) in [4.78, 5) is 37.2. The summed E-state index contributed by atoms with van der Waals surface area (Å²) < 4.78 is 0. The molecule has 1 aliphatic rings. The first-order valence-corrected chi connectivity index (χ1v) is 8.76. The Morgan fingerprint density at radius 2 is 1.74 bits per heavy atom. The van der Waals surface area contributed by atoms with E-state index in [1.54, 1.807) is 29.2 Å². The number of nitrogens with one attached hydrogen (secondary N) is 2. The van der Waals surface area contributed by atoms with Crippen molar-refractivity contribution >= 4 is 23.5 Å². The van der Waals surface area contributed by atoms with Crippen LogP contribution >= 0.6 is 0 Å². The van der Waals surface area contributed by atoms with Crippen molar-refractivity contribution in [2.24, 2.45) is 11.7 Å². The Hall–Kier alpha value is -3.35. The van der Waals surface area contributed by atoms with Crippen LogP contribution in [0.4, 0.5) is 10.5 Å². The smallest absolute Gasteiger partial charge is 0.312 e. The summed E-state index contributed by atoms with van der Waals surface area (Å²) in [5, 5.41) is 5.36. The Labute approximate surface area is 157 Å². The number of carbonyl (C=O) groups excluding carboxylic acids is 3.